The summed E-state index contributed by atoms with van der Waals surface area (Å²) in [4.78, 5) is 0.516. The van der Waals surface area contributed by atoms with E-state index in [2.05, 4.69) is 15.3 Å². The first-order valence-corrected chi connectivity index (χ1v) is 7.27. The summed E-state index contributed by atoms with van der Waals surface area (Å²) in [6.45, 7) is 2.77. The van der Waals surface area contributed by atoms with Gasteiger partial charge in [0.1, 0.15) is 11.6 Å². The Kier molecular flexibility index (Phi) is 3.83. The Balaban J connectivity index is 2.01. The third-order valence-corrected chi connectivity index (χ3v) is 3.78. The minimum atomic E-state index is -4.40. The molecule has 22 heavy (non-hydrogen) atoms. The van der Waals surface area contributed by atoms with Crippen molar-refractivity contribution < 1.29 is 17.9 Å². The highest BCUT2D eigenvalue weighted by Gasteiger charge is 2.30. The molecule has 5 nitrogen and oxygen atoms in total. The predicted octanol–water partition coefficient (Wildman–Crippen LogP) is 3.41. The fourth-order valence-electron chi connectivity index (χ4n) is 1.92. The highest BCUT2D eigenvalue weighted by molar-refractivity contribution is 7.16. The van der Waals surface area contributed by atoms with Crippen molar-refractivity contribution in [2.24, 2.45) is 0 Å². The van der Waals surface area contributed by atoms with Crippen molar-refractivity contribution >= 4 is 16.3 Å². The van der Waals surface area contributed by atoms with Crippen LogP contribution in [0.3, 0.4) is 0 Å². The quantitative estimate of drug-likeness (QED) is 0.736. The normalized spacial score (nSPS) is 12.2. The molecule has 2 aromatic heterocycles. The van der Waals surface area contributed by atoms with Crippen molar-refractivity contribution in [3.05, 3.63) is 34.8 Å². The van der Waals surface area contributed by atoms with Crippen LogP contribution in [0, 0.1) is 0 Å². The lowest BCUT2D eigenvalue weighted by Gasteiger charge is -2.07. The molecule has 2 heterocycles. The summed E-state index contributed by atoms with van der Waals surface area (Å²) in [5.74, 6) is 0.278. The van der Waals surface area contributed by atoms with E-state index in [0.717, 1.165) is 12.1 Å². The van der Waals surface area contributed by atoms with Crippen molar-refractivity contribution in [2.75, 3.05) is 6.61 Å². The largest absolute Gasteiger partial charge is 0.416 e. The monoisotopic (exact) mass is 328 g/mol. The Hall–Kier alpha value is -2.00. The Bertz CT molecular complexity index is 796. The molecule has 0 radical (unpaired) electrons. The molecule has 0 bridgehead atoms. The highest BCUT2D eigenvalue weighted by atomic mass is 32.1. The average Bonchev–Trinajstić information content (AvgIpc) is 3.04. The van der Waals surface area contributed by atoms with E-state index in [9.17, 15) is 13.2 Å². The van der Waals surface area contributed by atoms with Crippen molar-refractivity contribution in [1.82, 2.24) is 19.8 Å². The number of aromatic nitrogens is 4. The molecule has 9 heteroatoms. The van der Waals surface area contributed by atoms with Gasteiger partial charge < -0.3 is 4.74 Å². The molecule has 0 amide bonds. The molecule has 0 spiro atoms. The summed E-state index contributed by atoms with van der Waals surface area (Å²) >= 11 is 1.29. The van der Waals surface area contributed by atoms with Gasteiger partial charge in [0.25, 0.3) is 0 Å². The Morgan fingerprint density at radius 3 is 2.82 bits per heavy atom. The molecule has 116 valence electrons. The molecule has 0 N–H and O–H groups in total. The van der Waals surface area contributed by atoms with Crippen LogP contribution < -0.4 is 0 Å². The molecule has 1 aromatic carbocycles. The first-order chi connectivity index (χ1) is 10.5. The molecule has 0 unspecified atom stereocenters. The molecule has 3 rings (SSSR count). The molecule has 0 saturated carbocycles. The number of rotatable bonds is 4. The summed E-state index contributed by atoms with van der Waals surface area (Å²) in [6, 6.07) is 4.95. The van der Waals surface area contributed by atoms with Gasteiger partial charge in [0.15, 0.2) is 5.82 Å². The molecule has 0 aliphatic rings. The zero-order valence-corrected chi connectivity index (χ0v) is 12.3. The van der Waals surface area contributed by atoms with Gasteiger partial charge in [-0.2, -0.15) is 22.8 Å². The van der Waals surface area contributed by atoms with Gasteiger partial charge in [-0.1, -0.05) is 23.5 Å². The maximum Gasteiger partial charge on any atom is 0.416 e. The van der Waals surface area contributed by atoms with Crippen LogP contribution in [0.25, 0.3) is 16.3 Å². The van der Waals surface area contributed by atoms with E-state index < -0.39 is 11.7 Å². The zero-order chi connectivity index (χ0) is 15.7. The van der Waals surface area contributed by atoms with E-state index in [-0.39, 0.29) is 5.82 Å². The van der Waals surface area contributed by atoms with Gasteiger partial charge >= 0.3 is 6.18 Å². The fourth-order valence-corrected chi connectivity index (χ4v) is 2.69. The van der Waals surface area contributed by atoms with Crippen molar-refractivity contribution in [3.63, 3.8) is 0 Å². The van der Waals surface area contributed by atoms with Gasteiger partial charge in [-0.25, -0.2) is 0 Å². The van der Waals surface area contributed by atoms with Crippen LogP contribution in [0.5, 0.6) is 0 Å². The predicted molar refractivity (Wildman–Crippen MR) is 74.4 cm³/mol. The van der Waals surface area contributed by atoms with E-state index in [0.29, 0.717) is 28.7 Å². The van der Waals surface area contributed by atoms with Gasteiger partial charge in [0.2, 0.25) is 4.96 Å². The van der Waals surface area contributed by atoms with E-state index in [4.69, 9.17) is 4.74 Å². The number of fused-ring (bicyclic) bond motifs is 1. The van der Waals surface area contributed by atoms with E-state index in [1.807, 2.05) is 6.92 Å². The maximum atomic E-state index is 12.8. The van der Waals surface area contributed by atoms with Crippen molar-refractivity contribution in [3.8, 4) is 11.4 Å². The maximum absolute atomic E-state index is 12.8. The van der Waals surface area contributed by atoms with Gasteiger partial charge in [-0.05, 0) is 19.1 Å². The van der Waals surface area contributed by atoms with Crippen molar-refractivity contribution in [2.45, 2.75) is 19.7 Å². The lowest BCUT2D eigenvalue weighted by atomic mass is 10.1. The topological polar surface area (TPSA) is 52.3 Å². The number of halogens is 3. The van der Waals surface area contributed by atoms with Gasteiger partial charge in [0.05, 0.1) is 5.56 Å². The van der Waals surface area contributed by atoms with E-state index in [1.54, 1.807) is 6.07 Å². The van der Waals surface area contributed by atoms with Crippen molar-refractivity contribution in [1.29, 1.82) is 0 Å². The summed E-state index contributed by atoms with van der Waals surface area (Å²) in [5.41, 5.74) is -0.415. The van der Waals surface area contributed by atoms with Gasteiger partial charge in [-0.3, -0.25) is 0 Å². The molecule has 0 atom stereocenters. The first kappa shape index (κ1) is 14.9. The standard InChI is InChI=1S/C13H11F3N4OS/c1-2-21-7-10-19-20-11(17-18-12(20)22-10)8-4-3-5-9(6-8)13(14,15)16/h3-6H,2,7H2,1H3. The van der Waals surface area contributed by atoms with Crippen LogP contribution in [0.1, 0.15) is 17.5 Å². The van der Waals surface area contributed by atoms with Crippen LogP contribution in [0.4, 0.5) is 13.2 Å². The van der Waals surface area contributed by atoms with Crippen LogP contribution in [0.2, 0.25) is 0 Å². The second-order valence-corrected chi connectivity index (χ2v) is 5.47. The number of hydrogen-bond acceptors (Lipinski definition) is 5. The molecule has 3 aromatic rings. The van der Waals surface area contributed by atoms with Gasteiger partial charge in [-0.15, -0.1) is 10.2 Å². The number of alkyl halides is 3. The minimum absolute atomic E-state index is 0.278. The molecule has 0 aliphatic carbocycles. The Morgan fingerprint density at radius 2 is 2.09 bits per heavy atom. The number of nitrogens with zero attached hydrogens (tertiary/aromatic N) is 4. The fraction of sp³-hybridized carbons (Fsp3) is 0.308. The minimum Gasteiger partial charge on any atom is -0.374 e. The second kappa shape index (κ2) is 5.65. The number of hydrogen-bond donors (Lipinski definition) is 0. The lowest BCUT2D eigenvalue weighted by molar-refractivity contribution is -0.137. The van der Waals surface area contributed by atoms with Crippen LogP contribution in [-0.4, -0.2) is 26.4 Å². The van der Waals surface area contributed by atoms with Crippen LogP contribution in [0.15, 0.2) is 24.3 Å². The summed E-state index contributed by atoms with van der Waals surface area (Å²) in [5, 5.41) is 12.8. The molecular weight excluding hydrogens is 317 g/mol. The summed E-state index contributed by atoms with van der Waals surface area (Å²) < 4.78 is 45.1. The number of benzene rings is 1. The van der Waals surface area contributed by atoms with Crippen LogP contribution in [-0.2, 0) is 17.5 Å². The summed E-state index contributed by atoms with van der Waals surface area (Å²) in [6.07, 6.45) is -4.40. The first-order valence-electron chi connectivity index (χ1n) is 6.45. The third-order valence-electron chi connectivity index (χ3n) is 2.91. The molecule has 0 fully saturated rings. The Morgan fingerprint density at radius 1 is 1.27 bits per heavy atom. The smallest absolute Gasteiger partial charge is 0.374 e. The molecular formula is C13H11F3N4OS. The second-order valence-electron chi connectivity index (χ2n) is 4.43. The highest BCUT2D eigenvalue weighted by Crippen LogP contribution is 2.32. The third kappa shape index (κ3) is 2.81. The zero-order valence-electron chi connectivity index (χ0n) is 11.5. The average molecular weight is 328 g/mol. The summed E-state index contributed by atoms with van der Waals surface area (Å²) in [7, 11) is 0. The van der Waals surface area contributed by atoms with Gasteiger partial charge in [0, 0.05) is 12.2 Å². The van der Waals surface area contributed by atoms with E-state index in [1.165, 1.54) is 21.9 Å². The van der Waals surface area contributed by atoms with Crippen LogP contribution >= 0.6 is 11.3 Å². The Labute approximate surface area is 127 Å². The number of ether oxygens (including phenoxy) is 1. The molecule has 0 aliphatic heterocycles. The molecule has 0 saturated heterocycles. The lowest BCUT2D eigenvalue weighted by Crippen LogP contribution is -2.05. The van der Waals surface area contributed by atoms with E-state index >= 15 is 0 Å². The SMILES string of the molecule is CCOCc1nn2c(-c3cccc(C(F)(F)F)c3)nnc2s1.